The van der Waals surface area contributed by atoms with E-state index in [1.807, 2.05) is 38.5 Å². The third-order valence-corrected chi connectivity index (χ3v) is 11.9. The van der Waals surface area contributed by atoms with Gasteiger partial charge < -0.3 is 20.2 Å². The van der Waals surface area contributed by atoms with Gasteiger partial charge in [0.15, 0.2) is 5.78 Å². The first-order valence-electron chi connectivity index (χ1n) is 19.2. The lowest BCUT2D eigenvalue weighted by molar-refractivity contribution is -0.137. The number of Topliss-reactive ketones (excluding diaryl/α,β-unsaturated/α-hetero) is 2. The number of benzene rings is 2. The Morgan fingerprint density at radius 1 is 1.02 bits per heavy atom. The van der Waals surface area contributed by atoms with Crippen LogP contribution in [0.1, 0.15) is 88.6 Å². The minimum atomic E-state index is -4.60. The number of nitrogens with zero attached hydrogens (tertiary/aromatic N) is 2. The van der Waals surface area contributed by atoms with E-state index < -0.39 is 34.9 Å². The number of ketones is 2. The lowest BCUT2D eigenvalue weighted by Gasteiger charge is -2.40. The van der Waals surface area contributed by atoms with E-state index in [1.165, 1.54) is 18.2 Å². The molecule has 2 aromatic carbocycles. The molecule has 2 unspecified atom stereocenters. The standard InChI is InChI=1S/C42H51F4N5O3S/c1-5-26(3)31(22-29(52)21-28-11-7-8-14-35(28)43)39(54)50-41(16-15-36-33(24-41)30-12-9-13-34(38(30)49-36)42(44,45)46)37(53)23-32(27(4)6-2)40(55)48-17-10-19-51-20-18-47-25-51/h7-9,11-14,18,20,25-27,31-32,49H,5-6,10,15-17,19,21-24H2,1-4H3,(H,48,55)(H,50,54)/t26?,27?,31-,32+,41+/m0/s1. The molecule has 0 fully saturated rings. The first-order valence-corrected chi connectivity index (χ1v) is 19.6. The highest BCUT2D eigenvalue weighted by molar-refractivity contribution is 7.80. The number of amides is 1. The molecular weight excluding hydrogens is 731 g/mol. The highest BCUT2D eigenvalue weighted by atomic mass is 32.1. The van der Waals surface area contributed by atoms with Crippen LogP contribution < -0.4 is 10.6 Å². The van der Waals surface area contributed by atoms with E-state index in [9.17, 15) is 31.9 Å². The molecule has 0 spiro atoms. The Morgan fingerprint density at radius 3 is 2.42 bits per heavy atom. The van der Waals surface area contributed by atoms with E-state index in [0.29, 0.717) is 34.6 Å². The average molecular weight is 782 g/mol. The highest BCUT2D eigenvalue weighted by Crippen LogP contribution is 2.41. The van der Waals surface area contributed by atoms with E-state index in [4.69, 9.17) is 12.2 Å². The summed E-state index contributed by atoms with van der Waals surface area (Å²) in [6.07, 6.45) is 2.82. The molecule has 1 amide bonds. The quantitative estimate of drug-likeness (QED) is 0.0532. The van der Waals surface area contributed by atoms with Gasteiger partial charge in [0.1, 0.15) is 17.1 Å². The third-order valence-electron chi connectivity index (χ3n) is 11.5. The fourth-order valence-electron chi connectivity index (χ4n) is 7.71. The molecule has 296 valence electrons. The van der Waals surface area contributed by atoms with Gasteiger partial charge in [-0.1, -0.05) is 83.1 Å². The van der Waals surface area contributed by atoms with E-state index >= 15 is 0 Å². The van der Waals surface area contributed by atoms with Crippen LogP contribution >= 0.6 is 12.2 Å². The predicted octanol–water partition coefficient (Wildman–Crippen LogP) is 8.36. The van der Waals surface area contributed by atoms with Crippen LogP contribution in [0, 0.1) is 29.5 Å². The molecule has 5 rings (SSSR count). The van der Waals surface area contributed by atoms with Gasteiger partial charge in [-0.05, 0) is 54.4 Å². The number of halogens is 4. The second kappa shape index (κ2) is 18.0. The number of aryl methyl sites for hydroxylation is 2. The fourth-order valence-corrected chi connectivity index (χ4v) is 8.13. The summed E-state index contributed by atoms with van der Waals surface area (Å²) in [5.74, 6) is -2.99. The van der Waals surface area contributed by atoms with Gasteiger partial charge in [0.05, 0.1) is 22.4 Å². The zero-order valence-corrected chi connectivity index (χ0v) is 32.7. The molecule has 0 bridgehead atoms. The van der Waals surface area contributed by atoms with Gasteiger partial charge in [0, 0.05) is 74.1 Å². The Morgan fingerprint density at radius 2 is 1.75 bits per heavy atom. The van der Waals surface area contributed by atoms with Crippen LogP contribution in [0.25, 0.3) is 10.9 Å². The number of hydrogen-bond donors (Lipinski definition) is 3. The van der Waals surface area contributed by atoms with Crippen LogP contribution in [0.2, 0.25) is 0 Å². The molecule has 0 saturated heterocycles. The molecule has 0 radical (unpaired) electrons. The van der Waals surface area contributed by atoms with Crippen LogP contribution in [0.4, 0.5) is 17.6 Å². The summed E-state index contributed by atoms with van der Waals surface area (Å²) in [7, 11) is 0. The maximum Gasteiger partial charge on any atom is 0.418 e. The zero-order valence-electron chi connectivity index (χ0n) is 31.9. The summed E-state index contributed by atoms with van der Waals surface area (Å²) in [6, 6.07) is 10.0. The van der Waals surface area contributed by atoms with Crippen molar-refractivity contribution in [3.8, 4) is 0 Å². The molecule has 8 nitrogen and oxygen atoms in total. The third kappa shape index (κ3) is 9.89. The maximum atomic E-state index is 14.9. The Balaban J connectivity index is 1.45. The molecule has 55 heavy (non-hydrogen) atoms. The normalized spacial score (nSPS) is 17.9. The minimum absolute atomic E-state index is 0.00828. The number of carbonyl (C=O) groups excluding carboxylic acids is 3. The van der Waals surface area contributed by atoms with Gasteiger partial charge >= 0.3 is 6.18 Å². The molecule has 4 aromatic rings. The molecule has 3 N–H and O–H groups in total. The van der Waals surface area contributed by atoms with Gasteiger partial charge in [-0.2, -0.15) is 13.2 Å². The Kier molecular flexibility index (Phi) is 13.7. The number of imidazole rings is 1. The van der Waals surface area contributed by atoms with Crippen LogP contribution in [0.15, 0.2) is 61.2 Å². The van der Waals surface area contributed by atoms with Crippen LogP contribution in [-0.2, 0) is 46.4 Å². The first kappa shape index (κ1) is 41.8. The minimum Gasteiger partial charge on any atom is -0.379 e. The summed E-state index contributed by atoms with van der Waals surface area (Å²) in [5.41, 5.74) is -0.942. The van der Waals surface area contributed by atoms with Crippen molar-refractivity contribution in [2.45, 2.75) is 104 Å². The predicted molar refractivity (Wildman–Crippen MR) is 209 cm³/mol. The summed E-state index contributed by atoms with van der Waals surface area (Å²) in [4.78, 5) is 50.4. The number of rotatable bonds is 18. The van der Waals surface area contributed by atoms with Crippen LogP contribution in [-0.4, -0.2) is 49.1 Å². The average Bonchev–Trinajstić information content (AvgIpc) is 3.82. The zero-order chi connectivity index (χ0) is 39.9. The summed E-state index contributed by atoms with van der Waals surface area (Å²) in [5, 5.41) is 6.81. The van der Waals surface area contributed by atoms with Crippen molar-refractivity contribution in [2.75, 3.05) is 6.54 Å². The molecule has 0 saturated carbocycles. The lowest BCUT2D eigenvalue weighted by atomic mass is 9.72. The van der Waals surface area contributed by atoms with Crippen molar-refractivity contribution in [1.29, 1.82) is 0 Å². The van der Waals surface area contributed by atoms with Crippen molar-refractivity contribution < 1.29 is 31.9 Å². The summed E-state index contributed by atoms with van der Waals surface area (Å²) >= 11 is 5.89. The Bertz CT molecular complexity index is 1980. The van der Waals surface area contributed by atoms with E-state index in [-0.39, 0.29) is 78.9 Å². The van der Waals surface area contributed by atoms with Crippen molar-refractivity contribution in [3.05, 3.63) is 89.4 Å². The van der Waals surface area contributed by atoms with Gasteiger partial charge in [-0.25, -0.2) is 9.37 Å². The molecule has 0 aliphatic heterocycles. The van der Waals surface area contributed by atoms with Crippen molar-refractivity contribution in [3.63, 3.8) is 0 Å². The Hall–Kier alpha value is -4.39. The highest BCUT2D eigenvalue weighted by Gasteiger charge is 2.46. The van der Waals surface area contributed by atoms with E-state index in [2.05, 4.69) is 20.6 Å². The number of aromatic nitrogens is 3. The lowest BCUT2D eigenvalue weighted by Crippen LogP contribution is -2.60. The number of fused-ring (bicyclic) bond motifs is 3. The molecule has 5 atom stereocenters. The van der Waals surface area contributed by atoms with Gasteiger partial charge in [0.2, 0.25) is 5.91 Å². The number of aromatic amines is 1. The molecular formula is C42H51F4N5O3S. The van der Waals surface area contributed by atoms with Gasteiger partial charge in [-0.3, -0.25) is 14.4 Å². The number of alkyl halides is 3. The first-order chi connectivity index (χ1) is 26.2. The van der Waals surface area contributed by atoms with Gasteiger partial charge in [-0.15, -0.1) is 0 Å². The molecule has 2 heterocycles. The molecule has 2 aromatic heterocycles. The number of thiocarbonyl (C=S) groups is 1. The molecule has 13 heteroatoms. The van der Waals surface area contributed by atoms with E-state index in [0.717, 1.165) is 25.5 Å². The number of H-pyrrole nitrogens is 1. The van der Waals surface area contributed by atoms with Gasteiger partial charge in [0.25, 0.3) is 0 Å². The van der Waals surface area contributed by atoms with Crippen molar-refractivity contribution >= 4 is 45.6 Å². The Labute approximate surface area is 325 Å². The maximum absolute atomic E-state index is 14.9. The number of carbonyl (C=O) groups is 3. The monoisotopic (exact) mass is 781 g/mol. The van der Waals surface area contributed by atoms with Crippen LogP contribution in [0.5, 0.6) is 0 Å². The SMILES string of the molecule is CCC(C)[C@H](CC(=O)Cc1ccccc1F)C(=O)N[C@]1(C(=O)C[C@@H](C(=S)NCCCn2ccnc2)C(C)CC)CCc2[nH]c3c(C(F)(F)F)cccc3c2C1. The van der Waals surface area contributed by atoms with Crippen LogP contribution in [0.3, 0.4) is 0 Å². The summed E-state index contributed by atoms with van der Waals surface area (Å²) in [6.45, 7) is 9.14. The fraction of sp³-hybridized carbons (Fsp3) is 0.500. The number of hydrogen-bond acceptors (Lipinski definition) is 5. The number of nitrogens with one attached hydrogen (secondary N) is 3. The second-order valence-electron chi connectivity index (χ2n) is 15.1. The second-order valence-corrected chi connectivity index (χ2v) is 15.6. The smallest absolute Gasteiger partial charge is 0.379 e. The summed E-state index contributed by atoms with van der Waals surface area (Å²) < 4.78 is 58.7. The van der Waals surface area contributed by atoms with Crippen molar-refractivity contribution in [2.24, 2.45) is 23.7 Å². The van der Waals surface area contributed by atoms with E-state index in [1.54, 1.807) is 30.7 Å². The van der Waals surface area contributed by atoms with Crippen molar-refractivity contribution in [1.82, 2.24) is 25.2 Å². The number of para-hydroxylation sites is 1. The largest absolute Gasteiger partial charge is 0.418 e. The topological polar surface area (TPSA) is 109 Å². The molecule has 1 aliphatic rings. The molecule has 1 aliphatic carbocycles.